The Hall–Kier alpha value is -1.09. The molecule has 2 heterocycles. The summed E-state index contributed by atoms with van der Waals surface area (Å²) in [7, 11) is 0. The van der Waals surface area contributed by atoms with E-state index in [-0.39, 0.29) is 0 Å². The van der Waals surface area contributed by atoms with Gasteiger partial charge in [0.1, 0.15) is 0 Å². The maximum atomic E-state index is 4.71. The van der Waals surface area contributed by atoms with Crippen LogP contribution in [0.4, 0.5) is 5.69 Å². The predicted octanol–water partition coefficient (Wildman–Crippen LogP) is 4.16. The van der Waals surface area contributed by atoms with Crippen LogP contribution in [0.15, 0.2) is 18.3 Å². The van der Waals surface area contributed by atoms with E-state index in [1.165, 1.54) is 30.6 Å². The summed E-state index contributed by atoms with van der Waals surface area (Å²) in [5.74, 6) is 0. The molecule has 0 bridgehead atoms. The summed E-state index contributed by atoms with van der Waals surface area (Å²) >= 11 is 0. The van der Waals surface area contributed by atoms with Crippen molar-refractivity contribution in [3.05, 3.63) is 24.0 Å². The molecule has 1 unspecified atom stereocenters. The van der Waals surface area contributed by atoms with E-state index in [9.17, 15) is 0 Å². The fraction of sp³-hybridized carbons (Fsp3) is 0.722. The molecule has 118 valence electrons. The van der Waals surface area contributed by atoms with E-state index in [0.717, 1.165) is 26.1 Å². The van der Waals surface area contributed by atoms with Crippen molar-refractivity contribution in [2.24, 2.45) is 5.41 Å². The zero-order chi connectivity index (χ0) is 15.3. The molecular formula is C18H31N3. The highest BCUT2D eigenvalue weighted by Gasteiger charge is 2.23. The Morgan fingerprint density at radius 1 is 1.24 bits per heavy atom. The second-order valence-electron chi connectivity index (χ2n) is 6.96. The lowest BCUT2D eigenvalue weighted by Gasteiger charge is -2.25. The van der Waals surface area contributed by atoms with Crippen molar-refractivity contribution in [3.8, 4) is 0 Å². The van der Waals surface area contributed by atoms with E-state index < -0.39 is 0 Å². The van der Waals surface area contributed by atoms with Crippen molar-refractivity contribution in [2.45, 2.75) is 59.4 Å². The Kier molecular flexibility index (Phi) is 5.63. The Morgan fingerprint density at radius 2 is 2.05 bits per heavy atom. The number of rotatable bonds is 5. The molecule has 1 atom stereocenters. The lowest BCUT2D eigenvalue weighted by Crippen LogP contribution is -2.25. The van der Waals surface area contributed by atoms with Crippen LogP contribution in [0.3, 0.4) is 0 Å². The smallest absolute Gasteiger partial charge is 0.0574 e. The normalized spacial score (nSPS) is 20.1. The molecule has 0 aliphatic carbocycles. The van der Waals surface area contributed by atoms with Crippen LogP contribution in [0.5, 0.6) is 0 Å². The van der Waals surface area contributed by atoms with Gasteiger partial charge in [-0.2, -0.15) is 0 Å². The van der Waals surface area contributed by atoms with Crippen LogP contribution in [0.25, 0.3) is 0 Å². The molecule has 0 amide bonds. The van der Waals surface area contributed by atoms with E-state index >= 15 is 0 Å². The molecule has 1 aliphatic rings. The summed E-state index contributed by atoms with van der Waals surface area (Å²) in [5.41, 5.74) is 2.93. The van der Waals surface area contributed by atoms with E-state index in [2.05, 4.69) is 56.2 Å². The van der Waals surface area contributed by atoms with Gasteiger partial charge in [-0.25, -0.2) is 0 Å². The van der Waals surface area contributed by atoms with Crippen molar-refractivity contribution in [1.82, 2.24) is 10.3 Å². The zero-order valence-electron chi connectivity index (χ0n) is 14.2. The summed E-state index contributed by atoms with van der Waals surface area (Å²) in [5, 5.41) is 3.49. The number of hydrogen-bond acceptors (Lipinski definition) is 3. The maximum Gasteiger partial charge on any atom is 0.0574 e. The fourth-order valence-electron chi connectivity index (χ4n) is 3.18. The van der Waals surface area contributed by atoms with Gasteiger partial charge in [-0.1, -0.05) is 27.7 Å². The Bertz CT molecular complexity index is 425. The molecule has 3 heteroatoms. The third kappa shape index (κ3) is 4.44. The molecule has 1 fully saturated rings. The molecular weight excluding hydrogens is 258 g/mol. The largest absolute Gasteiger partial charge is 0.370 e. The quantitative estimate of drug-likeness (QED) is 0.882. The minimum absolute atomic E-state index is 0.382. The average Bonchev–Trinajstić information content (AvgIpc) is 2.66. The standard InChI is InChI=1S/C18H31N3/c1-5-16(19-6-2)17-9-8-15(14-20-17)21-12-7-10-18(3,4)11-13-21/h8-9,14,16,19H,5-7,10-13H2,1-4H3. The highest BCUT2D eigenvalue weighted by atomic mass is 15.1. The lowest BCUT2D eigenvalue weighted by molar-refractivity contribution is 0.325. The Balaban J connectivity index is 2.04. The summed E-state index contributed by atoms with van der Waals surface area (Å²) in [6.07, 6.45) is 7.02. The van der Waals surface area contributed by atoms with Gasteiger partial charge in [0.05, 0.1) is 17.6 Å². The summed E-state index contributed by atoms with van der Waals surface area (Å²) in [4.78, 5) is 7.21. The van der Waals surface area contributed by atoms with Gasteiger partial charge < -0.3 is 10.2 Å². The highest BCUT2D eigenvalue weighted by molar-refractivity contribution is 5.45. The molecule has 0 aromatic carbocycles. The highest BCUT2D eigenvalue weighted by Crippen LogP contribution is 2.31. The van der Waals surface area contributed by atoms with Crippen molar-refractivity contribution in [2.75, 3.05) is 24.5 Å². The molecule has 3 nitrogen and oxygen atoms in total. The van der Waals surface area contributed by atoms with Crippen LogP contribution >= 0.6 is 0 Å². The molecule has 2 rings (SSSR count). The third-order valence-corrected chi connectivity index (χ3v) is 4.69. The number of anilines is 1. The first-order valence-corrected chi connectivity index (χ1v) is 8.50. The molecule has 1 aliphatic heterocycles. The number of pyridine rings is 1. The van der Waals surface area contributed by atoms with Gasteiger partial charge in [-0.15, -0.1) is 0 Å². The second-order valence-corrected chi connectivity index (χ2v) is 6.96. The van der Waals surface area contributed by atoms with Gasteiger partial charge in [0.15, 0.2) is 0 Å². The summed E-state index contributed by atoms with van der Waals surface area (Å²) < 4.78 is 0. The number of hydrogen-bond donors (Lipinski definition) is 1. The number of nitrogens with zero attached hydrogens (tertiary/aromatic N) is 2. The van der Waals surface area contributed by atoms with Crippen molar-refractivity contribution < 1.29 is 0 Å². The van der Waals surface area contributed by atoms with Gasteiger partial charge in [0.25, 0.3) is 0 Å². The second kappa shape index (κ2) is 7.26. The van der Waals surface area contributed by atoms with Gasteiger partial charge >= 0.3 is 0 Å². The SMILES string of the molecule is CCNC(CC)c1ccc(N2CCCC(C)(C)CC2)cn1. The van der Waals surface area contributed by atoms with Gasteiger partial charge in [-0.05, 0) is 49.8 Å². The van der Waals surface area contributed by atoms with Gasteiger partial charge in [-0.3, -0.25) is 4.98 Å². The van der Waals surface area contributed by atoms with Crippen molar-refractivity contribution >= 4 is 5.69 Å². The maximum absolute atomic E-state index is 4.71. The first-order valence-electron chi connectivity index (χ1n) is 8.50. The van der Waals surface area contributed by atoms with E-state index in [4.69, 9.17) is 4.98 Å². The minimum Gasteiger partial charge on any atom is -0.370 e. The monoisotopic (exact) mass is 289 g/mol. The Morgan fingerprint density at radius 3 is 2.67 bits per heavy atom. The number of nitrogens with one attached hydrogen (secondary N) is 1. The zero-order valence-corrected chi connectivity index (χ0v) is 14.2. The van der Waals surface area contributed by atoms with E-state index in [1.54, 1.807) is 0 Å². The molecule has 0 spiro atoms. The Labute approximate surface area is 130 Å². The summed E-state index contributed by atoms with van der Waals surface area (Å²) in [6, 6.07) is 4.83. The lowest BCUT2D eigenvalue weighted by atomic mass is 9.85. The predicted molar refractivity (Wildman–Crippen MR) is 90.8 cm³/mol. The molecule has 1 saturated heterocycles. The molecule has 1 aromatic heterocycles. The average molecular weight is 289 g/mol. The first-order chi connectivity index (χ1) is 10.1. The first kappa shape index (κ1) is 16.3. The van der Waals surface area contributed by atoms with Crippen LogP contribution in [-0.4, -0.2) is 24.6 Å². The van der Waals surface area contributed by atoms with Crippen LogP contribution in [0.1, 0.15) is 65.1 Å². The topological polar surface area (TPSA) is 28.2 Å². The van der Waals surface area contributed by atoms with E-state index in [1.807, 2.05) is 0 Å². The third-order valence-electron chi connectivity index (χ3n) is 4.69. The molecule has 21 heavy (non-hydrogen) atoms. The van der Waals surface area contributed by atoms with Crippen LogP contribution < -0.4 is 10.2 Å². The van der Waals surface area contributed by atoms with Crippen molar-refractivity contribution in [3.63, 3.8) is 0 Å². The van der Waals surface area contributed by atoms with E-state index in [0.29, 0.717) is 11.5 Å². The van der Waals surface area contributed by atoms with Gasteiger partial charge in [0, 0.05) is 19.1 Å². The van der Waals surface area contributed by atoms with Crippen molar-refractivity contribution in [1.29, 1.82) is 0 Å². The minimum atomic E-state index is 0.382. The van der Waals surface area contributed by atoms with Gasteiger partial charge in [0.2, 0.25) is 0 Å². The number of aromatic nitrogens is 1. The van der Waals surface area contributed by atoms with Crippen LogP contribution in [-0.2, 0) is 0 Å². The van der Waals surface area contributed by atoms with Crippen LogP contribution in [0.2, 0.25) is 0 Å². The molecule has 1 N–H and O–H groups in total. The summed E-state index contributed by atoms with van der Waals surface area (Å²) in [6.45, 7) is 12.4. The molecule has 0 saturated carbocycles. The molecule has 0 radical (unpaired) electrons. The fourth-order valence-corrected chi connectivity index (χ4v) is 3.18. The van der Waals surface area contributed by atoms with Crippen LogP contribution in [0, 0.1) is 5.41 Å². The molecule has 1 aromatic rings.